The lowest BCUT2D eigenvalue weighted by molar-refractivity contribution is 0.207. The van der Waals surface area contributed by atoms with Gasteiger partial charge in [-0.3, -0.25) is 0 Å². The third-order valence-corrected chi connectivity index (χ3v) is 4.15. The quantitative estimate of drug-likeness (QED) is 0.654. The van der Waals surface area contributed by atoms with Gasteiger partial charge in [-0.2, -0.15) is 0 Å². The first-order valence-electron chi connectivity index (χ1n) is 6.77. The standard InChI is InChI=1S/C16H20N2OS/c1-3-4-7-10-17-16(19)18(2)11-13-12-20-15-9-6-5-8-14(13)15/h3-6,8-9,12H,7,10-11H2,1-2H3,(H,17,19). The van der Waals surface area contributed by atoms with Gasteiger partial charge in [-0.15, -0.1) is 11.3 Å². The van der Waals surface area contributed by atoms with Crippen LogP contribution in [0.4, 0.5) is 4.79 Å². The number of thiophene rings is 1. The van der Waals surface area contributed by atoms with E-state index in [1.54, 1.807) is 16.2 Å². The summed E-state index contributed by atoms with van der Waals surface area (Å²) in [6.45, 7) is 3.30. The molecular formula is C16H20N2OS. The minimum Gasteiger partial charge on any atom is -0.338 e. The summed E-state index contributed by atoms with van der Waals surface area (Å²) in [6.07, 6.45) is 4.91. The molecule has 0 radical (unpaired) electrons. The Labute approximate surface area is 123 Å². The van der Waals surface area contributed by atoms with Gasteiger partial charge in [0.25, 0.3) is 0 Å². The van der Waals surface area contributed by atoms with Gasteiger partial charge in [-0.1, -0.05) is 30.4 Å². The summed E-state index contributed by atoms with van der Waals surface area (Å²) < 4.78 is 1.27. The molecule has 2 rings (SSSR count). The van der Waals surface area contributed by atoms with E-state index in [0.717, 1.165) is 6.42 Å². The van der Waals surface area contributed by atoms with E-state index in [1.807, 2.05) is 38.3 Å². The van der Waals surface area contributed by atoms with Gasteiger partial charge in [0, 0.05) is 24.8 Å². The summed E-state index contributed by atoms with van der Waals surface area (Å²) in [4.78, 5) is 13.7. The van der Waals surface area contributed by atoms with Gasteiger partial charge in [0.15, 0.2) is 0 Å². The van der Waals surface area contributed by atoms with E-state index >= 15 is 0 Å². The summed E-state index contributed by atoms with van der Waals surface area (Å²) in [5.74, 6) is 0. The number of allylic oxidation sites excluding steroid dienone is 1. The van der Waals surface area contributed by atoms with Gasteiger partial charge in [0.1, 0.15) is 0 Å². The molecule has 4 heteroatoms. The number of carbonyl (C=O) groups is 1. The first kappa shape index (κ1) is 14.6. The normalized spacial score (nSPS) is 11.1. The van der Waals surface area contributed by atoms with Crippen LogP contribution in [0.15, 0.2) is 41.8 Å². The van der Waals surface area contributed by atoms with Crippen LogP contribution in [0.5, 0.6) is 0 Å². The van der Waals surface area contributed by atoms with Crippen molar-refractivity contribution in [1.29, 1.82) is 0 Å². The van der Waals surface area contributed by atoms with Crippen molar-refractivity contribution in [2.24, 2.45) is 0 Å². The van der Waals surface area contributed by atoms with E-state index in [0.29, 0.717) is 13.1 Å². The highest BCUT2D eigenvalue weighted by molar-refractivity contribution is 7.17. The number of carbonyl (C=O) groups excluding carboxylic acids is 1. The fraction of sp³-hybridized carbons (Fsp3) is 0.312. The number of amides is 2. The Bertz CT molecular complexity index is 603. The molecular weight excluding hydrogens is 268 g/mol. The maximum atomic E-state index is 12.0. The number of nitrogens with one attached hydrogen (secondary N) is 1. The summed E-state index contributed by atoms with van der Waals surface area (Å²) >= 11 is 1.72. The van der Waals surface area contributed by atoms with Crippen LogP contribution in [0.3, 0.4) is 0 Å². The number of benzene rings is 1. The molecule has 0 bridgehead atoms. The number of fused-ring (bicyclic) bond motifs is 1. The van der Waals surface area contributed by atoms with Gasteiger partial charge in [-0.05, 0) is 35.7 Å². The second kappa shape index (κ2) is 7.10. The van der Waals surface area contributed by atoms with E-state index in [4.69, 9.17) is 0 Å². The Balaban J connectivity index is 1.93. The molecule has 0 aliphatic heterocycles. The van der Waals surface area contributed by atoms with Crippen LogP contribution in [0, 0.1) is 0 Å². The van der Waals surface area contributed by atoms with Crippen LogP contribution in [-0.4, -0.2) is 24.5 Å². The van der Waals surface area contributed by atoms with Crippen molar-refractivity contribution in [2.45, 2.75) is 19.9 Å². The lowest BCUT2D eigenvalue weighted by atomic mass is 10.2. The Morgan fingerprint density at radius 2 is 2.20 bits per heavy atom. The zero-order valence-electron chi connectivity index (χ0n) is 11.9. The zero-order valence-corrected chi connectivity index (χ0v) is 12.7. The molecule has 3 nitrogen and oxygen atoms in total. The SMILES string of the molecule is CC=CCCNC(=O)N(C)Cc1csc2ccccc12. The highest BCUT2D eigenvalue weighted by atomic mass is 32.1. The summed E-state index contributed by atoms with van der Waals surface area (Å²) in [5, 5.41) is 6.29. The second-order valence-electron chi connectivity index (χ2n) is 4.70. The molecule has 0 saturated carbocycles. The van der Waals surface area contributed by atoms with Crippen LogP contribution >= 0.6 is 11.3 Å². The fourth-order valence-electron chi connectivity index (χ4n) is 2.05. The Hall–Kier alpha value is -1.81. The predicted molar refractivity (Wildman–Crippen MR) is 86.1 cm³/mol. The molecule has 2 aromatic rings. The maximum absolute atomic E-state index is 12.0. The topological polar surface area (TPSA) is 32.3 Å². The van der Waals surface area contributed by atoms with E-state index < -0.39 is 0 Å². The van der Waals surface area contributed by atoms with Crippen molar-refractivity contribution in [3.63, 3.8) is 0 Å². The highest BCUT2D eigenvalue weighted by Crippen LogP contribution is 2.26. The number of hydrogen-bond donors (Lipinski definition) is 1. The Morgan fingerprint density at radius 1 is 1.40 bits per heavy atom. The van der Waals surface area contributed by atoms with Crippen molar-refractivity contribution in [2.75, 3.05) is 13.6 Å². The van der Waals surface area contributed by atoms with Gasteiger partial charge in [-0.25, -0.2) is 4.79 Å². The summed E-state index contributed by atoms with van der Waals surface area (Å²) in [5.41, 5.74) is 1.21. The minimum atomic E-state index is -0.0233. The van der Waals surface area contributed by atoms with Crippen LogP contribution in [0.1, 0.15) is 18.9 Å². The minimum absolute atomic E-state index is 0.0233. The summed E-state index contributed by atoms with van der Waals surface area (Å²) in [7, 11) is 1.83. The maximum Gasteiger partial charge on any atom is 0.317 e. The number of hydrogen-bond acceptors (Lipinski definition) is 2. The average Bonchev–Trinajstić information content (AvgIpc) is 2.87. The van der Waals surface area contributed by atoms with Crippen LogP contribution in [-0.2, 0) is 6.54 Å². The molecule has 0 atom stereocenters. The predicted octanol–water partition coefficient (Wildman–Crippen LogP) is 4.01. The van der Waals surface area contributed by atoms with Crippen molar-refractivity contribution >= 4 is 27.5 Å². The summed E-state index contributed by atoms with van der Waals surface area (Å²) in [6, 6.07) is 8.28. The van der Waals surface area contributed by atoms with Gasteiger partial charge < -0.3 is 10.2 Å². The van der Waals surface area contributed by atoms with Gasteiger partial charge in [0.05, 0.1) is 0 Å². The number of urea groups is 1. The molecule has 1 aromatic carbocycles. The van der Waals surface area contributed by atoms with E-state index in [-0.39, 0.29) is 6.03 Å². The van der Waals surface area contributed by atoms with Gasteiger partial charge in [0.2, 0.25) is 0 Å². The molecule has 106 valence electrons. The van der Waals surface area contributed by atoms with Crippen molar-refractivity contribution in [1.82, 2.24) is 10.2 Å². The second-order valence-corrected chi connectivity index (χ2v) is 5.61. The zero-order chi connectivity index (χ0) is 14.4. The molecule has 0 fully saturated rings. The van der Waals surface area contributed by atoms with E-state index in [9.17, 15) is 4.79 Å². The number of rotatable bonds is 5. The molecule has 0 unspecified atom stereocenters. The third-order valence-electron chi connectivity index (χ3n) is 3.14. The smallest absolute Gasteiger partial charge is 0.317 e. The molecule has 0 saturated heterocycles. The Morgan fingerprint density at radius 3 is 3.00 bits per heavy atom. The largest absolute Gasteiger partial charge is 0.338 e. The lowest BCUT2D eigenvalue weighted by Crippen LogP contribution is -2.37. The van der Waals surface area contributed by atoms with Crippen LogP contribution in [0.25, 0.3) is 10.1 Å². The van der Waals surface area contributed by atoms with E-state index in [1.165, 1.54) is 15.6 Å². The van der Waals surface area contributed by atoms with Gasteiger partial charge >= 0.3 is 6.03 Å². The molecule has 2 amide bonds. The van der Waals surface area contributed by atoms with Crippen LogP contribution < -0.4 is 5.32 Å². The lowest BCUT2D eigenvalue weighted by Gasteiger charge is -2.17. The molecule has 1 heterocycles. The molecule has 20 heavy (non-hydrogen) atoms. The van der Waals surface area contributed by atoms with Crippen molar-refractivity contribution in [3.8, 4) is 0 Å². The molecule has 0 spiro atoms. The van der Waals surface area contributed by atoms with Crippen LogP contribution in [0.2, 0.25) is 0 Å². The monoisotopic (exact) mass is 288 g/mol. The van der Waals surface area contributed by atoms with Crippen molar-refractivity contribution in [3.05, 3.63) is 47.4 Å². The Kier molecular flexibility index (Phi) is 5.18. The first-order chi connectivity index (χ1) is 9.72. The molecule has 0 aliphatic rings. The average molecular weight is 288 g/mol. The van der Waals surface area contributed by atoms with Crippen molar-refractivity contribution < 1.29 is 4.79 Å². The number of nitrogens with zero attached hydrogens (tertiary/aromatic N) is 1. The molecule has 0 aliphatic carbocycles. The first-order valence-corrected chi connectivity index (χ1v) is 7.65. The molecule has 1 N–H and O–H groups in total. The van der Waals surface area contributed by atoms with E-state index in [2.05, 4.69) is 22.8 Å². The molecule has 1 aromatic heterocycles. The third kappa shape index (κ3) is 3.61. The fourth-order valence-corrected chi connectivity index (χ4v) is 3.00. The highest BCUT2D eigenvalue weighted by Gasteiger charge is 2.11.